The van der Waals surface area contributed by atoms with Crippen molar-refractivity contribution in [3.05, 3.63) is 66.5 Å². The number of aromatic nitrogens is 5. The SMILES string of the molecule is CNC[C@H]1CC[C@H](Cn2cnc3c(-c4ccc(C#N)c(F)c4)c(-c4ccc5c(cnn5C)c4)ncc32)CC1. The molecule has 8 heteroatoms. The van der Waals surface area contributed by atoms with Gasteiger partial charge in [-0.25, -0.2) is 9.37 Å². The van der Waals surface area contributed by atoms with E-state index in [4.69, 9.17) is 9.97 Å². The second-order valence-electron chi connectivity index (χ2n) is 10.4. The van der Waals surface area contributed by atoms with E-state index >= 15 is 0 Å². The van der Waals surface area contributed by atoms with E-state index in [1.54, 1.807) is 6.07 Å². The molecule has 0 spiro atoms. The molecule has 0 aliphatic heterocycles. The number of imidazole rings is 1. The number of rotatable bonds is 6. The van der Waals surface area contributed by atoms with E-state index in [1.807, 2.05) is 55.7 Å². The maximum absolute atomic E-state index is 14.8. The van der Waals surface area contributed by atoms with Crippen LogP contribution in [0.5, 0.6) is 0 Å². The fraction of sp³-hybridized carbons (Fsp3) is 0.333. The zero-order valence-electron chi connectivity index (χ0n) is 21.7. The molecule has 5 aromatic rings. The molecule has 0 amide bonds. The Hall–Kier alpha value is -4.09. The van der Waals surface area contributed by atoms with Crippen molar-refractivity contribution in [1.82, 2.24) is 29.6 Å². The first-order valence-corrected chi connectivity index (χ1v) is 13.2. The van der Waals surface area contributed by atoms with Crippen LogP contribution in [0.2, 0.25) is 0 Å². The number of nitriles is 1. The van der Waals surface area contributed by atoms with E-state index in [-0.39, 0.29) is 5.56 Å². The lowest BCUT2D eigenvalue weighted by molar-refractivity contribution is 0.251. The van der Waals surface area contributed by atoms with E-state index in [9.17, 15) is 9.65 Å². The number of hydrogen-bond donors (Lipinski definition) is 1. The Balaban J connectivity index is 1.44. The average Bonchev–Trinajstić information content (AvgIpc) is 3.52. The molecule has 1 aliphatic rings. The normalized spacial score (nSPS) is 17.7. The Morgan fingerprint density at radius 2 is 1.79 bits per heavy atom. The third-order valence-electron chi connectivity index (χ3n) is 7.98. The predicted molar refractivity (Wildman–Crippen MR) is 147 cm³/mol. The molecule has 0 bridgehead atoms. The molecule has 1 aliphatic carbocycles. The van der Waals surface area contributed by atoms with Crippen molar-refractivity contribution in [3.8, 4) is 28.5 Å². The number of fused-ring (bicyclic) bond motifs is 2. The van der Waals surface area contributed by atoms with Gasteiger partial charge in [0.1, 0.15) is 17.4 Å². The van der Waals surface area contributed by atoms with E-state index in [1.165, 1.54) is 37.8 Å². The summed E-state index contributed by atoms with van der Waals surface area (Å²) in [5.41, 5.74) is 5.82. The van der Waals surface area contributed by atoms with Crippen LogP contribution in [0.3, 0.4) is 0 Å². The second-order valence-corrected chi connectivity index (χ2v) is 10.4. The first-order valence-electron chi connectivity index (χ1n) is 13.2. The summed E-state index contributed by atoms with van der Waals surface area (Å²) in [5.74, 6) is 0.812. The van der Waals surface area contributed by atoms with Crippen molar-refractivity contribution in [2.24, 2.45) is 18.9 Å². The minimum absolute atomic E-state index is 0.0200. The van der Waals surface area contributed by atoms with Crippen LogP contribution in [0.4, 0.5) is 4.39 Å². The Morgan fingerprint density at radius 1 is 1.00 bits per heavy atom. The maximum atomic E-state index is 14.8. The predicted octanol–water partition coefficient (Wildman–Crippen LogP) is 5.69. The van der Waals surface area contributed by atoms with Gasteiger partial charge < -0.3 is 9.88 Å². The number of benzene rings is 2. The lowest BCUT2D eigenvalue weighted by Gasteiger charge is -2.28. The van der Waals surface area contributed by atoms with Crippen LogP contribution in [0, 0.1) is 29.0 Å². The Bertz CT molecular complexity index is 1670. The van der Waals surface area contributed by atoms with Crippen molar-refractivity contribution >= 4 is 21.9 Å². The molecule has 3 heterocycles. The molecule has 0 unspecified atom stereocenters. The van der Waals surface area contributed by atoms with E-state index in [0.717, 1.165) is 57.8 Å². The highest BCUT2D eigenvalue weighted by atomic mass is 19.1. The van der Waals surface area contributed by atoms with Crippen molar-refractivity contribution < 1.29 is 4.39 Å². The van der Waals surface area contributed by atoms with Crippen molar-refractivity contribution in [3.63, 3.8) is 0 Å². The summed E-state index contributed by atoms with van der Waals surface area (Å²) < 4.78 is 18.8. The molecule has 0 saturated heterocycles. The Kier molecular flexibility index (Phi) is 6.38. The van der Waals surface area contributed by atoms with Crippen molar-refractivity contribution in [2.75, 3.05) is 13.6 Å². The van der Waals surface area contributed by atoms with Gasteiger partial charge in [-0.1, -0.05) is 12.1 Å². The monoisotopic (exact) mass is 507 g/mol. The lowest BCUT2D eigenvalue weighted by atomic mass is 9.82. The minimum Gasteiger partial charge on any atom is -0.329 e. The van der Waals surface area contributed by atoms with Gasteiger partial charge in [0.2, 0.25) is 0 Å². The smallest absolute Gasteiger partial charge is 0.141 e. The largest absolute Gasteiger partial charge is 0.329 e. The van der Waals surface area contributed by atoms with Crippen LogP contribution >= 0.6 is 0 Å². The zero-order chi connectivity index (χ0) is 26.2. The average molecular weight is 508 g/mol. The van der Waals surface area contributed by atoms with Gasteiger partial charge in [0, 0.05) is 30.1 Å². The van der Waals surface area contributed by atoms with E-state index in [0.29, 0.717) is 11.5 Å². The molecule has 3 aromatic heterocycles. The first kappa shape index (κ1) is 24.3. The van der Waals surface area contributed by atoms with Gasteiger partial charge in [-0.3, -0.25) is 9.67 Å². The molecule has 6 rings (SSSR count). The summed E-state index contributed by atoms with van der Waals surface area (Å²) in [6.45, 7) is 1.98. The highest BCUT2D eigenvalue weighted by Gasteiger charge is 2.23. The summed E-state index contributed by atoms with van der Waals surface area (Å²) in [5, 5.41) is 17.9. The topological polar surface area (TPSA) is 84.4 Å². The fourth-order valence-corrected chi connectivity index (χ4v) is 5.92. The number of aryl methyl sites for hydroxylation is 1. The molecule has 192 valence electrons. The fourth-order valence-electron chi connectivity index (χ4n) is 5.92. The molecule has 1 saturated carbocycles. The van der Waals surface area contributed by atoms with Crippen LogP contribution in [0.15, 0.2) is 55.1 Å². The molecule has 2 aromatic carbocycles. The Morgan fingerprint density at radius 3 is 2.55 bits per heavy atom. The Labute approximate surface area is 220 Å². The van der Waals surface area contributed by atoms with Crippen molar-refractivity contribution in [2.45, 2.75) is 32.2 Å². The molecule has 0 radical (unpaired) electrons. The van der Waals surface area contributed by atoms with Crippen LogP contribution in [-0.2, 0) is 13.6 Å². The van der Waals surface area contributed by atoms with Crippen LogP contribution in [-0.4, -0.2) is 37.9 Å². The van der Waals surface area contributed by atoms with Gasteiger partial charge in [0.15, 0.2) is 0 Å². The number of pyridine rings is 1. The van der Waals surface area contributed by atoms with E-state index < -0.39 is 5.82 Å². The van der Waals surface area contributed by atoms with Gasteiger partial charge >= 0.3 is 0 Å². The third kappa shape index (κ3) is 4.33. The highest BCUT2D eigenvalue weighted by Crippen LogP contribution is 2.38. The van der Waals surface area contributed by atoms with Gasteiger partial charge in [-0.15, -0.1) is 0 Å². The number of halogens is 1. The highest BCUT2D eigenvalue weighted by molar-refractivity contribution is 6.00. The van der Waals surface area contributed by atoms with Gasteiger partial charge in [0.25, 0.3) is 0 Å². The number of nitrogens with zero attached hydrogens (tertiary/aromatic N) is 6. The molecule has 38 heavy (non-hydrogen) atoms. The summed E-state index contributed by atoms with van der Waals surface area (Å²) in [7, 11) is 3.94. The number of nitrogens with one attached hydrogen (secondary N) is 1. The quantitative estimate of drug-likeness (QED) is 0.319. The molecular formula is C30H30FN7. The number of hydrogen-bond acceptors (Lipinski definition) is 5. The third-order valence-corrected chi connectivity index (χ3v) is 7.98. The second kappa shape index (κ2) is 9.99. The van der Waals surface area contributed by atoms with Gasteiger partial charge in [-0.05, 0) is 80.9 Å². The minimum atomic E-state index is -0.548. The van der Waals surface area contributed by atoms with Gasteiger partial charge in [0.05, 0.1) is 41.0 Å². The molecule has 0 atom stereocenters. The maximum Gasteiger partial charge on any atom is 0.141 e. The summed E-state index contributed by atoms with van der Waals surface area (Å²) >= 11 is 0. The molecule has 7 nitrogen and oxygen atoms in total. The lowest BCUT2D eigenvalue weighted by Crippen LogP contribution is -2.25. The summed E-state index contributed by atoms with van der Waals surface area (Å²) in [6.07, 6.45) is 10.5. The van der Waals surface area contributed by atoms with Crippen LogP contribution in [0.1, 0.15) is 31.2 Å². The van der Waals surface area contributed by atoms with Crippen LogP contribution < -0.4 is 5.32 Å². The molecular weight excluding hydrogens is 477 g/mol. The zero-order valence-corrected chi connectivity index (χ0v) is 21.7. The standard InChI is InChI=1S/C30H30FN7/c1-33-14-19-3-5-20(6-4-19)17-38-18-35-30-27(38)16-34-29(22-9-10-26-24(11-22)15-36-37(26)2)28(30)21-7-8-23(13-32)25(31)12-21/h7-12,15-16,18-20,33H,3-6,14,17H2,1-2H3/t19-,20-. The molecule has 1 N–H and O–H groups in total. The summed E-state index contributed by atoms with van der Waals surface area (Å²) in [6, 6.07) is 12.7. The first-order chi connectivity index (χ1) is 18.6. The van der Waals surface area contributed by atoms with Gasteiger partial charge in [-0.2, -0.15) is 10.4 Å². The van der Waals surface area contributed by atoms with Crippen LogP contribution in [0.25, 0.3) is 44.3 Å². The summed E-state index contributed by atoms with van der Waals surface area (Å²) in [4.78, 5) is 9.76. The molecule has 1 fully saturated rings. The van der Waals surface area contributed by atoms with Crippen molar-refractivity contribution in [1.29, 1.82) is 5.26 Å². The van der Waals surface area contributed by atoms with E-state index in [2.05, 4.69) is 21.0 Å².